The minimum Gasteiger partial charge on any atom is -0.496 e. The van der Waals surface area contributed by atoms with E-state index in [9.17, 15) is 4.79 Å². The van der Waals surface area contributed by atoms with Gasteiger partial charge in [-0.05, 0) is 24.1 Å². The van der Waals surface area contributed by atoms with Crippen LogP contribution >= 0.6 is 0 Å². The minimum absolute atomic E-state index is 0.0379. The zero-order chi connectivity index (χ0) is 14.0. The smallest absolute Gasteiger partial charge is 0.354 e. The van der Waals surface area contributed by atoms with Gasteiger partial charge in [0.15, 0.2) is 11.6 Å². The van der Waals surface area contributed by atoms with Crippen LogP contribution in [0.15, 0.2) is 18.2 Å². The number of carbonyl (C=O) groups is 1. The topological polar surface area (TPSA) is 101 Å². The summed E-state index contributed by atoms with van der Waals surface area (Å²) in [5.41, 5.74) is 7.48. The molecule has 1 heterocycles. The Morgan fingerprint density at radius 1 is 1.53 bits per heavy atom. The number of aromatic nitrogens is 2. The molecule has 2 aromatic rings. The molecule has 0 aliphatic carbocycles. The third-order valence-electron chi connectivity index (χ3n) is 2.86. The van der Waals surface area contributed by atoms with Gasteiger partial charge in [-0.1, -0.05) is 13.0 Å². The summed E-state index contributed by atoms with van der Waals surface area (Å²) < 4.78 is 5.26. The number of nitrogens with zero attached hydrogens (tertiary/aromatic N) is 1. The Balaban J connectivity index is 2.66. The van der Waals surface area contributed by atoms with Crippen molar-refractivity contribution in [1.82, 2.24) is 9.97 Å². The second kappa shape index (κ2) is 5.01. The lowest BCUT2D eigenvalue weighted by molar-refractivity contribution is 0.0692. The van der Waals surface area contributed by atoms with Crippen molar-refractivity contribution in [2.75, 3.05) is 12.8 Å². The fourth-order valence-electron chi connectivity index (χ4n) is 1.90. The van der Waals surface area contributed by atoms with Gasteiger partial charge in [-0.3, -0.25) is 0 Å². The third-order valence-corrected chi connectivity index (χ3v) is 2.86. The first-order chi connectivity index (χ1) is 9.06. The van der Waals surface area contributed by atoms with E-state index in [0.717, 1.165) is 12.0 Å². The lowest BCUT2D eigenvalue weighted by atomic mass is 10.0. The number of aromatic amines is 1. The number of carboxylic acid groups (broad SMARTS) is 1. The van der Waals surface area contributed by atoms with E-state index in [1.165, 1.54) is 7.11 Å². The fraction of sp³-hybridized carbons (Fsp3) is 0.231. The molecule has 0 saturated heterocycles. The first-order valence-corrected chi connectivity index (χ1v) is 5.82. The fourth-order valence-corrected chi connectivity index (χ4v) is 1.90. The van der Waals surface area contributed by atoms with Crippen LogP contribution in [0.3, 0.4) is 0 Å². The number of anilines is 1. The molecule has 6 nitrogen and oxygen atoms in total. The van der Waals surface area contributed by atoms with Gasteiger partial charge in [-0.15, -0.1) is 0 Å². The van der Waals surface area contributed by atoms with Crippen LogP contribution in [0, 0.1) is 0 Å². The van der Waals surface area contributed by atoms with E-state index in [4.69, 9.17) is 15.6 Å². The summed E-state index contributed by atoms with van der Waals surface area (Å²) in [6.07, 6.45) is 0.833. The molecule has 0 spiro atoms. The molecular weight excluding hydrogens is 246 g/mol. The maximum atomic E-state index is 11.2. The quantitative estimate of drug-likeness (QED) is 0.780. The summed E-state index contributed by atoms with van der Waals surface area (Å²) >= 11 is 0. The van der Waals surface area contributed by atoms with E-state index in [1.54, 1.807) is 6.07 Å². The molecule has 0 amide bonds. The van der Waals surface area contributed by atoms with E-state index in [0.29, 0.717) is 11.3 Å². The minimum atomic E-state index is -1.11. The van der Waals surface area contributed by atoms with Crippen LogP contribution in [-0.4, -0.2) is 28.2 Å². The van der Waals surface area contributed by atoms with Gasteiger partial charge < -0.3 is 20.6 Å². The number of H-pyrrole nitrogens is 1. The number of nitrogens with two attached hydrogens (primary N) is 1. The SMILES string of the molecule is CCc1ccc(OC)c(-c2nc(N)[nH]c2C(=O)O)c1. The molecule has 0 fully saturated rings. The molecule has 0 aliphatic rings. The number of benzene rings is 1. The number of ether oxygens (including phenoxy) is 1. The Labute approximate surface area is 110 Å². The summed E-state index contributed by atoms with van der Waals surface area (Å²) in [4.78, 5) is 17.8. The number of nitrogen functional groups attached to an aromatic ring is 1. The molecule has 0 unspecified atom stereocenters. The van der Waals surface area contributed by atoms with Gasteiger partial charge in [0, 0.05) is 5.56 Å². The number of rotatable bonds is 4. The summed E-state index contributed by atoms with van der Waals surface area (Å²) in [5.74, 6) is -0.481. The van der Waals surface area contributed by atoms with Crippen molar-refractivity contribution >= 4 is 11.9 Å². The first-order valence-electron chi connectivity index (χ1n) is 5.82. The number of hydrogen-bond donors (Lipinski definition) is 3. The average molecular weight is 261 g/mol. The second-order valence-corrected chi connectivity index (χ2v) is 4.04. The van der Waals surface area contributed by atoms with Crippen molar-refractivity contribution in [3.05, 3.63) is 29.5 Å². The number of hydrogen-bond acceptors (Lipinski definition) is 4. The zero-order valence-corrected chi connectivity index (χ0v) is 10.7. The highest BCUT2D eigenvalue weighted by molar-refractivity contribution is 5.94. The number of carboxylic acids is 1. The molecule has 0 radical (unpaired) electrons. The Morgan fingerprint density at radius 2 is 2.26 bits per heavy atom. The van der Waals surface area contributed by atoms with Gasteiger partial charge in [-0.2, -0.15) is 0 Å². The summed E-state index contributed by atoms with van der Waals surface area (Å²) in [6.45, 7) is 2.02. The van der Waals surface area contributed by atoms with E-state index in [2.05, 4.69) is 9.97 Å². The zero-order valence-electron chi connectivity index (χ0n) is 10.7. The highest BCUT2D eigenvalue weighted by atomic mass is 16.5. The second-order valence-electron chi connectivity index (χ2n) is 4.04. The summed E-state index contributed by atoms with van der Waals surface area (Å²) in [6, 6.07) is 5.59. The third kappa shape index (κ3) is 2.37. The predicted octanol–water partition coefficient (Wildman–Crippen LogP) is 1.93. The Bertz CT molecular complexity index is 620. The summed E-state index contributed by atoms with van der Waals surface area (Å²) in [7, 11) is 1.53. The van der Waals surface area contributed by atoms with E-state index in [1.807, 2.05) is 19.1 Å². The van der Waals surface area contributed by atoms with Gasteiger partial charge >= 0.3 is 5.97 Å². The molecular formula is C13H15N3O3. The van der Waals surface area contributed by atoms with Gasteiger partial charge in [0.25, 0.3) is 0 Å². The maximum Gasteiger partial charge on any atom is 0.354 e. The van der Waals surface area contributed by atoms with Crippen molar-refractivity contribution in [3.8, 4) is 17.0 Å². The van der Waals surface area contributed by atoms with Gasteiger partial charge in [0.2, 0.25) is 0 Å². The lowest BCUT2D eigenvalue weighted by Gasteiger charge is -2.09. The normalized spacial score (nSPS) is 10.4. The Hall–Kier alpha value is -2.50. The molecule has 1 aromatic heterocycles. The van der Waals surface area contributed by atoms with Crippen LogP contribution < -0.4 is 10.5 Å². The first kappa shape index (κ1) is 12.9. The van der Waals surface area contributed by atoms with Crippen LogP contribution in [0.4, 0.5) is 5.95 Å². The van der Waals surface area contributed by atoms with Crippen LogP contribution in [0.1, 0.15) is 23.0 Å². The Kier molecular flexibility index (Phi) is 3.41. The van der Waals surface area contributed by atoms with E-state index < -0.39 is 5.97 Å². The molecule has 1 aromatic carbocycles. The molecule has 6 heteroatoms. The van der Waals surface area contributed by atoms with Gasteiger partial charge in [-0.25, -0.2) is 9.78 Å². The maximum absolute atomic E-state index is 11.2. The number of methoxy groups -OCH3 is 1. The molecule has 0 bridgehead atoms. The monoisotopic (exact) mass is 261 g/mol. The highest BCUT2D eigenvalue weighted by Crippen LogP contribution is 2.32. The molecule has 100 valence electrons. The molecule has 2 rings (SSSR count). The van der Waals surface area contributed by atoms with E-state index in [-0.39, 0.29) is 17.3 Å². The van der Waals surface area contributed by atoms with Crippen molar-refractivity contribution in [2.45, 2.75) is 13.3 Å². The Morgan fingerprint density at radius 3 is 2.84 bits per heavy atom. The predicted molar refractivity (Wildman–Crippen MR) is 71.3 cm³/mol. The molecule has 4 N–H and O–H groups in total. The van der Waals surface area contributed by atoms with Crippen molar-refractivity contribution in [2.24, 2.45) is 0 Å². The van der Waals surface area contributed by atoms with Crippen LogP contribution in [0.5, 0.6) is 5.75 Å². The van der Waals surface area contributed by atoms with Gasteiger partial charge in [0.1, 0.15) is 11.4 Å². The van der Waals surface area contributed by atoms with Crippen molar-refractivity contribution < 1.29 is 14.6 Å². The van der Waals surface area contributed by atoms with Crippen LogP contribution in [-0.2, 0) is 6.42 Å². The van der Waals surface area contributed by atoms with E-state index >= 15 is 0 Å². The van der Waals surface area contributed by atoms with Crippen molar-refractivity contribution in [3.63, 3.8) is 0 Å². The number of imidazole rings is 1. The van der Waals surface area contributed by atoms with Crippen molar-refractivity contribution in [1.29, 1.82) is 0 Å². The highest BCUT2D eigenvalue weighted by Gasteiger charge is 2.20. The standard InChI is InChI=1S/C13H15N3O3/c1-3-7-4-5-9(19-2)8(6-7)10-11(12(17)18)16-13(14)15-10/h4-6H,3H2,1-2H3,(H,17,18)(H3,14,15,16). The number of aryl methyl sites for hydroxylation is 1. The number of aromatic carboxylic acids is 1. The molecule has 0 atom stereocenters. The van der Waals surface area contributed by atoms with Crippen LogP contribution in [0.2, 0.25) is 0 Å². The average Bonchev–Trinajstić information content (AvgIpc) is 2.80. The number of nitrogens with one attached hydrogen (secondary N) is 1. The molecule has 0 aliphatic heterocycles. The summed E-state index contributed by atoms with van der Waals surface area (Å²) in [5, 5.41) is 9.16. The van der Waals surface area contributed by atoms with Crippen LogP contribution in [0.25, 0.3) is 11.3 Å². The van der Waals surface area contributed by atoms with Gasteiger partial charge in [0.05, 0.1) is 7.11 Å². The lowest BCUT2D eigenvalue weighted by Crippen LogP contribution is -2.00. The largest absolute Gasteiger partial charge is 0.496 e. The molecule has 19 heavy (non-hydrogen) atoms. The molecule has 0 saturated carbocycles.